The Morgan fingerprint density at radius 1 is 1.47 bits per heavy atom. The molecule has 2 aromatic rings. The first-order valence-electron chi connectivity index (χ1n) is 5.91. The van der Waals surface area contributed by atoms with Crippen LogP contribution >= 0.6 is 0 Å². The maximum absolute atomic E-state index is 11.2. The van der Waals surface area contributed by atoms with Crippen LogP contribution in [0, 0.1) is 13.8 Å². The molecular weight excluding hydrogens is 244 g/mol. The van der Waals surface area contributed by atoms with Gasteiger partial charge in [-0.05, 0) is 25.5 Å². The molecule has 0 atom stereocenters. The number of pyridine rings is 1. The third kappa shape index (κ3) is 2.57. The average Bonchev–Trinajstić information content (AvgIpc) is 2.67. The van der Waals surface area contributed by atoms with Gasteiger partial charge in [0.1, 0.15) is 11.4 Å². The fourth-order valence-electron chi connectivity index (χ4n) is 1.86. The summed E-state index contributed by atoms with van der Waals surface area (Å²) in [5, 5.41) is 16.4. The zero-order chi connectivity index (χ0) is 14.0. The molecule has 0 aromatic carbocycles. The summed E-state index contributed by atoms with van der Waals surface area (Å²) in [6, 6.07) is 1.68. The Hall–Kier alpha value is -2.37. The summed E-state index contributed by atoms with van der Waals surface area (Å²) in [4.78, 5) is 15.3. The fourth-order valence-corrected chi connectivity index (χ4v) is 1.86. The molecule has 0 unspecified atom stereocenters. The summed E-state index contributed by atoms with van der Waals surface area (Å²) in [5.41, 5.74) is 2.95. The lowest BCUT2D eigenvalue weighted by Gasteiger charge is -2.10. The first kappa shape index (κ1) is 13.1. The predicted molar refractivity (Wildman–Crippen MR) is 71.2 cm³/mol. The molecule has 6 heteroatoms. The molecule has 0 aliphatic rings. The first-order chi connectivity index (χ1) is 9.00. The van der Waals surface area contributed by atoms with E-state index < -0.39 is 5.97 Å². The molecule has 0 amide bonds. The van der Waals surface area contributed by atoms with E-state index in [-0.39, 0.29) is 5.56 Å². The topological polar surface area (TPSA) is 80.0 Å². The number of nitrogens with one attached hydrogen (secondary N) is 1. The highest BCUT2D eigenvalue weighted by Gasteiger charge is 2.14. The van der Waals surface area contributed by atoms with Crippen molar-refractivity contribution in [1.29, 1.82) is 0 Å². The van der Waals surface area contributed by atoms with E-state index in [1.165, 1.54) is 0 Å². The Morgan fingerprint density at radius 2 is 2.21 bits per heavy atom. The number of hydrogen-bond acceptors (Lipinski definition) is 4. The molecule has 0 saturated heterocycles. The van der Waals surface area contributed by atoms with Crippen molar-refractivity contribution in [3.8, 4) is 0 Å². The molecule has 0 aliphatic carbocycles. The van der Waals surface area contributed by atoms with Crippen molar-refractivity contribution < 1.29 is 9.90 Å². The molecule has 0 saturated carbocycles. The van der Waals surface area contributed by atoms with Gasteiger partial charge in [-0.25, -0.2) is 9.78 Å². The number of nitrogens with zero attached hydrogens (tertiary/aromatic N) is 3. The van der Waals surface area contributed by atoms with Gasteiger partial charge in [0, 0.05) is 31.0 Å². The zero-order valence-corrected chi connectivity index (χ0v) is 11.1. The second kappa shape index (κ2) is 5.09. The Bertz CT molecular complexity index is 619. The van der Waals surface area contributed by atoms with E-state index in [0.29, 0.717) is 17.9 Å². The van der Waals surface area contributed by atoms with Crippen LogP contribution in [0.5, 0.6) is 0 Å². The molecule has 0 radical (unpaired) electrons. The number of aromatic carboxylic acids is 1. The number of hydrogen-bond donors (Lipinski definition) is 2. The number of aromatic nitrogens is 3. The minimum absolute atomic E-state index is 0.212. The lowest BCUT2D eigenvalue weighted by molar-refractivity contribution is 0.0697. The predicted octanol–water partition coefficient (Wildman–Crippen LogP) is 1.74. The number of carbonyl (C=O) groups is 1. The van der Waals surface area contributed by atoms with Crippen LogP contribution in [-0.2, 0) is 13.6 Å². The van der Waals surface area contributed by atoms with E-state index in [4.69, 9.17) is 0 Å². The highest BCUT2D eigenvalue weighted by molar-refractivity contribution is 5.94. The molecule has 2 heterocycles. The van der Waals surface area contributed by atoms with Gasteiger partial charge >= 0.3 is 5.97 Å². The van der Waals surface area contributed by atoms with Gasteiger partial charge in [-0.1, -0.05) is 0 Å². The Kier molecular flexibility index (Phi) is 3.50. The maximum atomic E-state index is 11.2. The van der Waals surface area contributed by atoms with Crippen molar-refractivity contribution in [2.75, 3.05) is 5.32 Å². The van der Waals surface area contributed by atoms with Gasteiger partial charge in [-0.2, -0.15) is 5.10 Å². The lowest BCUT2D eigenvalue weighted by Crippen LogP contribution is -2.10. The summed E-state index contributed by atoms with van der Waals surface area (Å²) >= 11 is 0. The minimum atomic E-state index is -0.976. The van der Waals surface area contributed by atoms with Crippen LogP contribution in [0.2, 0.25) is 0 Å². The van der Waals surface area contributed by atoms with Crippen LogP contribution in [0.15, 0.2) is 18.5 Å². The standard InChI is InChI=1S/C13H16N4O2/c1-8-4-5-14-12(11(8)13(18)19)15-6-10-7-16-17(3)9(10)2/h4-5,7H,6H2,1-3H3,(H,14,15)(H,18,19). The molecule has 0 spiro atoms. The normalized spacial score (nSPS) is 10.5. The molecule has 0 bridgehead atoms. The van der Waals surface area contributed by atoms with Crippen LogP contribution in [-0.4, -0.2) is 25.8 Å². The van der Waals surface area contributed by atoms with E-state index in [9.17, 15) is 9.90 Å². The van der Waals surface area contributed by atoms with E-state index in [0.717, 1.165) is 11.3 Å². The van der Waals surface area contributed by atoms with Crippen LogP contribution < -0.4 is 5.32 Å². The maximum Gasteiger partial charge on any atom is 0.339 e. The van der Waals surface area contributed by atoms with Crippen molar-refractivity contribution in [3.05, 3.63) is 40.8 Å². The van der Waals surface area contributed by atoms with Crippen molar-refractivity contribution in [1.82, 2.24) is 14.8 Å². The number of aryl methyl sites for hydroxylation is 2. The second-order valence-electron chi connectivity index (χ2n) is 4.39. The molecule has 2 aromatic heterocycles. The molecule has 100 valence electrons. The summed E-state index contributed by atoms with van der Waals surface area (Å²) in [6.45, 7) is 4.22. The quantitative estimate of drug-likeness (QED) is 0.875. The molecule has 0 fully saturated rings. The highest BCUT2D eigenvalue weighted by Crippen LogP contribution is 2.18. The van der Waals surface area contributed by atoms with Crippen LogP contribution in [0.3, 0.4) is 0 Å². The minimum Gasteiger partial charge on any atom is -0.478 e. The van der Waals surface area contributed by atoms with Crippen molar-refractivity contribution in [2.45, 2.75) is 20.4 Å². The largest absolute Gasteiger partial charge is 0.478 e. The lowest BCUT2D eigenvalue weighted by atomic mass is 10.1. The third-order valence-electron chi connectivity index (χ3n) is 3.16. The Morgan fingerprint density at radius 3 is 2.79 bits per heavy atom. The van der Waals surface area contributed by atoms with E-state index in [1.807, 2.05) is 14.0 Å². The van der Waals surface area contributed by atoms with Gasteiger partial charge in [0.05, 0.1) is 6.20 Å². The summed E-state index contributed by atoms with van der Waals surface area (Å²) in [5.74, 6) is -0.591. The summed E-state index contributed by atoms with van der Waals surface area (Å²) in [7, 11) is 1.87. The highest BCUT2D eigenvalue weighted by atomic mass is 16.4. The van der Waals surface area contributed by atoms with Gasteiger partial charge in [0.2, 0.25) is 0 Å². The van der Waals surface area contributed by atoms with Crippen molar-refractivity contribution in [3.63, 3.8) is 0 Å². The monoisotopic (exact) mass is 260 g/mol. The first-order valence-corrected chi connectivity index (χ1v) is 5.91. The van der Waals surface area contributed by atoms with Gasteiger partial charge in [0.15, 0.2) is 0 Å². The Labute approximate surface area is 111 Å². The fraction of sp³-hybridized carbons (Fsp3) is 0.308. The third-order valence-corrected chi connectivity index (χ3v) is 3.16. The molecule has 0 aliphatic heterocycles. The van der Waals surface area contributed by atoms with Crippen LogP contribution in [0.4, 0.5) is 5.82 Å². The molecule has 19 heavy (non-hydrogen) atoms. The van der Waals surface area contributed by atoms with E-state index in [1.54, 1.807) is 30.1 Å². The number of rotatable bonds is 4. The number of carboxylic acid groups (broad SMARTS) is 1. The number of carboxylic acids is 1. The van der Waals surface area contributed by atoms with Gasteiger partial charge in [-0.3, -0.25) is 4.68 Å². The summed E-state index contributed by atoms with van der Waals surface area (Å²) < 4.78 is 1.78. The molecule has 6 nitrogen and oxygen atoms in total. The molecule has 2 N–H and O–H groups in total. The summed E-state index contributed by atoms with van der Waals surface area (Å²) in [6.07, 6.45) is 3.36. The van der Waals surface area contributed by atoms with Gasteiger partial charge in [-0.15, -0.1) is 0 Å². The van der Waals surface area contributed by atoms with Crippen LogP contribution in [0.1, 0.15) is 27.2 Å². The second-order valence-corrected chi connectivity index (χ2v) is 4.39. The van der Waals surface area contributed by atoms with E-state index in [2.05, 4.69) is 15.4 Å². The Balaban J connectivity index is 2.23. The average molecular weight is 260 g/mol. The van der Waals surface area contributed by atoms with Crippen molar-refractivity contribution in [2.24, 2.45) is 7.05 Å². The van der Waals surface area contributed by atoms with Crippen LogP contribution in [0.25, 0.3) is 0 Å². The van der Waals surface area contributed by atoms with E-state index >= 15 is 0 Å². The molecule has 2 rings (SSSR count). The smallest absolute Gasteiger partial charge is 0.339 e. The van der Waals surface area contributed by atoms with Gasteiger partial charge in [0.25, 0.3) is 0 Å². The van der Waals surface area contributed by atoms with Gasteiger partial charge < -0.3 is 10.4 Å². The molecular formula is C13H16N4O2. The number of anilines is 1. The van der Waals surface area contributed by atoms with Crippen molar-refractivity contribution >= 4 is 11.8 Å². The SMILES string of the molecule is Cc1ccnc(NCc2cnn(C)c2C)c1C(=O)O. The zero-order valence-electron chi connectivity index (χ0n) is 11.1.